The first-order valence-corrected chi connectivity index (χ1v) is 14.7. The number of amides is 3. The molecule has 208 valence electrons. The second-order valence-corrected chi connectivity index (χ2v) is 11.7. The second-order valence-electron chi connectivity index (χ2n) is 11.0. The first kappa shape index (κ1) is 25.7. The van der Waals surface area contributed by atoms with Crippen LogP contribution in [0.3, 0.4) is 0 Å². The van der Waals surface area contributed by atoms with Crippen LogP contribution in [0.4, 0.5) is 0 Å². The standard InChI is InChI=1S/C30H28N6O4S/c37-27-6-5-25(28(38)32-27)35-16-21-14-20(2-3-22(21)29(35)39)19-7-10-34(11-8-19)15-18-1-4-24-23(13-18)30(40)36(17-31-24)26-9-12-41-33-26/h1-4,9,12-14,17,19,25H,5-8,10-11,15-16H2,(H,32,37,38). The normalized spacial score (nSPS) is 20.0. The lowest BCUT2D eigenvalue weighted by Crippen LogP contribution is -2.52. The van der Waals surface area contributed by atoms with Crippen molar-refractivity contribution in [3.63, 3.8) is 0 Å². The van der Waals surface area contributed by atoms with Crippen molar-refractivity contribution in [2.75, 3.05) is 13.1 Å². The molecule has 10 nitrogen and oxygen atoms in total. The van der Waals surface area contributed by atoms with Gasteiger partial charge in [-0.25, -0.2) is 9.55 Å². The van der Waals surface area contributed by atoms with E-state index >= 15 is 0 Å². The number of likely N-dealkylation sites (tertiary alicyclic amines) is 1. The van der Waals surface area contributed by atoms with Crippen molar-refractivity contribution in [3.8, 4) is 5.82 Å². The van der Waals surface area contributed by atoms with Gasteiger partial charge >= 0.3 is 0 Å². The molecule has 7 rings (SSSR count). The summed E-state index contributed by atoms with van der Waals surface area (Å²) < 4.78 is 5.75. The lowest BCUT2D eigenvalue weighted by molar-refractivity contribution is -0.136. The van der Waals surface area contributed by atoms with E-state index in [0.717, 1.165) is 43.6 Å². The van der Waals surface area contributed by atoms with E-state index in [0.29, 0.717) is 41.2 Å². The number of hydrogen-bond acceptors (Lipinski definition) is 8. The van der Waals surface area contributed by atoms with E-state index in [4.69, 9.17) is 0 Å². The minimum Gasteiger partial charge on any atom is -0.322 e. The molecule has 0 spiro atoms. The quantitative estimate of drug-likeness (QED) is 0.368. The summed E-state index contributed by atoms with van der Waals surface area (Å²) in [7, 11) is 0. The summed E-state index contributed by atoms with van der Waals surface area (Å²) in [5.41, 5.74) is 4.46. The van der Waals surface area contributed by atoms with Crippen molar-refractivity contribution in [2.45, 2.75) is 50.7 Å². The van der Waals surface area contributed by atoms with Gasteiger partial charge in [-0.2, -0.15) is 4.37 Å². The Morgan fingerprint density at radius 2 is 1.83 bits per heavy atom. The third kappa shape index (κ3) is 4.74. The zero-order valence-electron chi connectivity index (χ0n) is 22.3. The summed E-state index contributed by atoms with van der Waals surface area (Å²) >= 11 is 1.30. The lowest BCUT2D eigenvalue weighted by Gasteiger charge is -2.32. The zero-order valence-corrected chi connectivity index (χ0v) is 23.1. The van der Waals surface area contributed by atoms with Crippen LogP contribution in [0.15, 0.2) is 59.0 Å². The molecule has 5 heterocycles. The summed E-state index contributed by atoms with van der Waals surface area (Å²) in [6.45, 7) is 3.01. The summed E-state index contributed by atoms with van der Waals surface area (Å²) in [5.74, 6) is 0.170. The minimum absolute atomic E-state index is 0.118. The number of nitrogens with zero attached hydrogens (tertiary/aromatic N) is 5. The Kier molecular flexibility index (Phi) is 6.47. The topological polar surface area (TPSA) is 118 Å². The molecule has 3 aliphatic heterocycles. The van der Waals surface area contributed by atoms with Crippen molar-refractivity contribution < 1.29 is 14.4 Å². The molecule has 1 N–H and O–H groups in total. The average Bonchev–Trinajstić information content (AvgIpc) is 3.62. The Morgan fingerprint density at radius 1 is 0.976 bits per heavy atom. The minimum atomic E-state index is -0.597. The Labute approximate surface area is 239 Å². The first-order chi connectivity index (χ1) is 19.9. The molecule has 0 radical (unpaired) electrons. The number of aromatic nitrogens is 3. The van der Waals surface area contributed by atoms with Gasteiger partial charge in [0.15, 0.2) is 5.82 Å². The number of imide groups is 1. The molecule has 2 saturated heterocycles. The Balaban J connectivity index is 1.01. The van der Waals surface area contributed by atoms with E-state index < -0.39 is 6.04 Å². The van der Waals surface area contributed by atoms with Crippen LogP contribution in [0, 0.1) is 0 Å². The van der Waals surface area contributed by atoms with E-state index in [-0.39, 0.29) is 29.7 Å². The van der Waals surface area contributed by atoms with E-state index in [9.17, 15) is 19.2 Å². The monoisotopic (exact) mass is 568 g/mol. The highest BCUT2D eigenvalue weighted by molar-refractivity contribution is 7.03. The number of rotatable bonds is 5. The molecule has 0 bridgehead atoms. The van der Waals surface area contributed by atoms with Crippen molar-refractivity contribution in [3.05, 3.63) is 86.8 Å². The molecular formula is C30H28N6O4S. The lowest BCUT2D eigenvalue weighted by atomic mass is 9.87. The third-order valence-corrected chi connectivity index (χ3v) is 9.06. The van der Waals surface area contributed by atoms with Crippen LogP contribution < -0.4 is 10.9 Å². The summed E-state index contributed by atoms with van der Waals surface area (Å²) in [5, 5.41) is 4.79. The largest absolute Gasteiger partial charge is 0.322 e. The molecule has 41 heavy (non-hydrogen) atoms. The van der Waals surface area contributed by atoms with Crippen LogP contribution in [-0.4, -0.2) is 60.6 Å². The van der Waals surface area contributed by atoms with Crippen LogP contribution in [0.5, 0.6) is 0 Å². The van der Waals surface area contributed by atoms with Gasteiger partial charge in [0.25, 0.3) is 11.5 Å². The number of carbonyl (C=O) groups excluding carboxylic acids is 3. The molecule has 0 saturated carbocycles. The molecule has 3 aliphatic rings. The number of nitrogens with one attached hydrogen (secondary N) is 1. The van der Waals surface area contributed by atoms with Gasteiger partial charge < -0.3 is 4.90 Å². The van der Waals surface area contributed by atoms with Gasteiger partial charge in [0.2, 0.25) is 11.8 Å². The SMILES string of the molecule is O=C1CCC(N2Cc3cc(C4CCN(Cc5ccc6ncn(-c7ccsn7)c(=O)c6c5)CC4)ccc3C2=O)C(=O)N1. The van der Waals surface area contributed by atoms with Gasteiger partial charge in [0.05, 0.1) is 10.9 Å². The predicted molar refractivity (Wildman–Crippen MR) is 153 cm³/mol. The molecule has 2 aromatic heterocycles. The van der Waals surface area contributed by atoms with Crippen molar-refractivity contribution in [1.82, 2.24) is 29.0 Å². The molecule has 4 aromatic rings. The molecule has 2 aromatic carbocycles. The fourth-order valence-corrected chi connectivity index (χ4v) is 6.79. The Bertz CT molecular complexity index is 1740. The maximum Gasteiger partial charge on any atom is 0.267 e. The summed E-state index contributed by atoms with van der Waals surface area (Å²) in [6.07, 6.45) is 4.14. The van der Waals surface area contributed by atoms with Crippen LogP contribution in [0.25, 0.3) is 16.7 Å². The number of hydrogen-bond donors (Lipinski definition) is 1. The average molecular weight is 569 g/mol. The molecule has 3 amide bonds. The number of benzene rings is 2. The van der Waals surface area contributed by atoms with Gasteiger partial charge in [-0.3, -0.25) is 29.4 Å². The predicted octanol–water partition coefficient (Wildman–Crippen LogP) is 2.98. The summed E-state index contributed by atoms with van der Waals surface area (Å²) in [4.78, 5) is 58.5. The Morgan fingerprint density at radius 3 is 2.61 bits per heavy atom. The van der Waals surface area contributed by atoms with E-state index in [1.54, 1.807) is 11.0 Å². The highest BCUT2D eigenvalue weighted by Gasteiger charge is 2.39. The van der Waals surface area contributed by atoms with E-state index in [1.165, 1.54) is 28.0 Å². The zero-order chi connectivity index (χ0) is 28.1. The molecular weight excluding hydrogens is 540 g/mol. The Hall–Kier alpha value is -4.22. The smallest absolute Gasteiger partial charge is 0.267 e. The van der Waals surface area contributed by atoms with Gasteiger partial charge in [0, 0.05) is 30.5 Å². The van der Waals surface area contributed by atoms with Gasteiger partial charge in [-0.05, 0) is 90.8 Å². The van der Waals surface area contributed by atoms with Crippen LogP contribution in [0.2, 0.25) is 0 Å². The van der Waals surface area contributed by atoms with Crippen LogP contribution >= 0.6 is 11.5 Å². The third-order valence-electron chi connectivity index (χ3n) is 8.51. The van der Waals surface area contributed by atoms with Crippen molar-refractivity contribution in [2.24, 2.45) is 0 Å². The maximum atomic E-state index is 13.1. The molecule has 1 atom stereocenters. The molecule has 2 fully saturated rings. The van der Waals surface area contributed by atoms with Gasteiger partial charge in [0.1, 0.15) is 12.4 Å². The molecule has 1 unspecified atom stereocenters. The van der Waals surface area contributed by atoms with Crippen molar-refractivity contribution >= 4 is 40.2 Å². The molecule has 0 aliphatic carbocycles. The summed E-state index contributed by atoms with van der Waals surface area (Å²) in [6, 6.07) is 13.2. The number of piperidine rings is 2. The fraction of sp³-hybridized carbons (Fsp3) is 0.333. The van der Waals surface area contributed by atoms with E-state index in [1.807, 2.05) is 29.6 Å². The highest BCUT2D eigenvalue weighted by atomic mass is 32.1. The van der Waals surface area contributed by atoms with Gasteiger partial charge in [-0.1, -0.05) is 18.2 Å². The van der Waals surface area contributed by atoms with Crippen LogP contribution in [0.1, 0.15) is 58.6 Å². The van der Waals surface area contributed by atoms with Gasteiger partial charge in [-0.15, -0.1) is 0 Å². The molecule has 11 heteroatoms. The van der Waals surface area contributed by atoms with E-state index in [2.05, 4.69) is 31.7 Å². The number of carbonyl (C=O) groups is 3. The number of fused-ring (bicyclic) bond motifs is 2. The maximum absolute atomic E-state index is 13.1. The van der Waals surface area contributed by atoms with Crippen LogP contribution in [-0.2, 0) is 22.7 Å². The highest BCUT2D eigenvalue weighted by Crippen LogP contribution is 2.34. The first-order valence-electron chi connectivity index (χ1n) is 13.9. The second kappa shape index (κ2) is 10.3. The fourth-order valence-electron chi connectivity index (χ4n) is 6.29. The van der Waals surface area contributed by atoms with Crippen molar-refractivity contribution in [1.29, 1.82) is 0 Å².